The molecule has 6 rings (SSSR count). The van der Waals surface area contributed by atoms with E-state index in [0.29, 0.717) is 42.7 Å². The number of carbonyl (C=O) groups excluding carboxylic acids is 4. The number of Topliss-reactive ketones (excluding diaryl/α,β-unsaturated/α-hetero) is 2. The molecule has 50 heavy (non-hydrogen) atoms. The lowest BCUT2D eigenvalue weighted by molar-refractivity contribution is -0.193. The number of amides is 2. The number of aromatic amines is 1. The fraction of sp³-hybridized carbons (Fsp3) is 0.276. The van der Waals surface area contributed by atoms with Crippen molar-refractivity contribution in [3.63, 3.8) is 0 Å². The van der Waals surface area contributed by atoms with Crippen LogP contribution >= 0.6 is 11.6 Å². The number of anilines is 5. The van der Waals surface area contributed by atoms with E-state index in [1.807, 2.05) is 30.5 Å². The SMILES string of the molecule is O=C(C(=O)C(F)(F)F)C(F)(F)F.O=C(CC1CN(C(=O)c2ncn[nH]2)C1)Nc1ccc2cc1CCc1cncc(c1)Nc1ncc(Cl)c(n1)N2. The third kappa shape index (κ3) is 8.87. The van der Waals surface area contributed by atoms with Crippen molar-refractivity contribution in [3.05, 3.63) is 71.2 Å². The number of nitrogens with zero attached hydrogens (tertiary/aromatic N) is 6. The van der Waals surface area contributed by atoms with Gasteiger partial charge in [0.05, 0.1) is 18.1 Å². The number of halogens is 7. The minimum absolute atomic E-state index is 0.0864. The van der Waals surface area contributed by atoms with Gasteiger partial charge in [0, 0.05) is 43.0 Å². The Morgan fingerprint density at radius 1 is 0.900 bits per heavy atom. The molecule has 4 aromatic rings. The zero-order valence-electron chi connectivity index (χ0n) is 25.2. The number of benzene rings is 1. The number of alkyl halides is 6. The maximum absolute atomic E-state index is 12.9. The molecule has 0 aliphatic carbocycles. The number of hydrogen-bond acceptors (Lipinski definition) is 11. The van der Waals surface area contributed by atoms with Crippen LogP contribution in [0.3, 0.4) is 0 Å². The predicted molar refractivity (Wildman–Crippen MR) is 163 cm³/mol. The van der Waals surface area contributed by atoms with Crippen molar-refractivity contribution >= 4 is 63.8 Å². The number of aromatic nitrogens is 6. The normalized spacial score (nSPS) is 14.2. The lowest BCUT2D eigenvalue weighted by atomic mass is 9.95. The molecule has 1 fully saturated rings. The second-order valence-corrected chi connectivity index (χ2v) is 11.3. The number of H-pyrrole nitrogens is 1. The van der Waals surface area contributed by atoms with Crippen molar-refractivity contribution in [1.29, 1.82) is 0 Å². The maximum Gasteiger partial charge on any atom is 0.458 e. The Morgan fingerprint density at radius 2 is 1.62 bits per heavy atom. The molecule has 0 atom stereocenters. The molecule has 2 amide bonds. The summed E-state index contributed by atoms with van der Waals surface area (Å²) in [6, 6.07) is 7.73. The molecule has 2 aliphatic rings. The van der Waals surface area contributed by atoms with E-state index in [-0.39, 0.29) is 23.6 Å². The average Bonchev–Trinajstić information content (AvgIpc) is 3.58. The van der Waals surface area contributed by atoms with Crippen molar-refractivity contribution in [3.8, 4) is 0 Å². The Bertz CT molecular complexity index is 1890. The molecule has 0 saturated carbocycles. The molecule has 1 saturated heterocycles. The molecule has 3 aromatic heterocycles. The first-order valence-electron chi connectivity index (χ1n) is 14.4. The Labute approximate surface area is 282 Å². The predicted octanol–water partition coefficient (Wildman–Crippen LogP) is 4.58. The molecule has 5 heterocycles. The summed E-state index contributed by atoms with van der Waals surface area (Å²) in [6.45, 7) is 1.00. The van der Waals surface area contributed by atoms with Crippen molar-refractivity contribution in [2.24, 2.45) is 5.92 Å². The molecule has 0 unspecified atom stereocenters. The molecule has 262 valence electrons. The van der Waals surface area contributed by atoms with E-state index in [4.69, 9.17) is 11.6 Å². The van der Waals surface area contributed by atoms with Crippen molar-refractivity contribution in [2.75, 3.05) is 29.0 Å². The first-order chi connectivity index (χ1) is 23.6. The van der Waals surface area contributed by atoms with E-state index >= 15 is 0 Å². The van der Waals surface area contributed by atoms with Crippen LogP contribution in [0.2, 0.25) is 5.02 Å². The van der Waals surface area contributed by atoms with Crippen molar-refractivity contribution in [1.82, 2.24) is 35.0 Å². The van der Waals surface area contributed by atoms with E-state index in [2.05, 4.69) is 46.1 Å². The van der Waals surface area contributed by atoms with Gasteiger partial charge in [-0.1, -0.05) is 11.6 Å². The molecule has 1 aromatic carbocycles. The maximum atomic E-state index is 12.9. The number of rotatable bonds is 5. The van der Waals surface area contributed by atoms with E-state index in [9.17, 15) is 45.5 Å². The molecule has 0 radical (unpaired) electrons. The van der Waals surface area contributed by atoms with Crippen LogP contribution in [0.15, 0.2) is 49.2 Å². The van der Waals surface area contributed by atoms with Gasteiger partial charge in [-0.2, -0.15) is 36.4 Å². The molecule has 0 spiro atoms. The van der Waals surface area contributed by atoms with E-state index in [1.54, 1.807) is 11.1 Å². The van der Waals surface area contributed by atoms with Gasteiger partial charge in [0.2, 0.25) is 17.7 Å². The fourth-order valence-corrected chi connectivity index (χ4v) is 4.94. The van der Waals surface area contributed by atoms with Crippen molar-refractivity contribution in [2.45, 2.75) is 31.6 Å². The summed E-state index contributed by atoms with van der Waals surface area (Å²) in [5.74, 6) is -5.97. The number of carbonyl (C=O) groups is 4. The number of fused-ring (bicyclic) bond motifs is 6. The van der Waals surface area contributed by atoms with Crippen LogP contribution < -0.4 is 16.0 Å². The second kappa shape index (κ2) is 14.4. The highest BCUT2D eigenvalue weighted by molar-refractivity contribution is 6.41. The van der Waals surface area contributed by atoms with Gasteiger partial charge >= 0.3 is 23.9 Å². The summed E-state index contributed by atoms with van der Waals surface area (Å²) in [6.07, 6.45) is -3.47. The average molecular weight is 725 g/mol. The Kier molecular flexibility index (Phi) is 10.3. The summed E-state index contributed by atoms with van der Waals surface area (Å²) in [5.41, 5.74) is 4.29. The molecular weight excluding hydrogens is 702 g/mol. The van der Waals surface area contributed by atoms with E-state index < -0.39 is 23.9 Å². The first kappa shape index (κ1) is 35.6. The van der Waals surface area contributed by atoms with Gasteiger partial charge in [0.15, 0.2) is 5.82 Å². The quantitative estimate of drug-likeness (QED) is 0.167. The number of pyridine rings is 1. The third-order valence-corrected chi connectivity index (χ3v) is 7.45. The lowest BCUT2D eigenvalue weighted by Gasteiger charge is -2.38. The fourth-order valence-electron chi connectivity index (χ4n) is 4.80. The van der Waals surface area contributed by atoms with Crippen LogP contribution in [-0.2, 0) is 27.2 Å². The van der Waals surface area contributed by atoms with Crippen molar-refractivity contribution < 1.29 is 45.5 Å². The standard InChI is InChI=1S/C25H23ClN10O2.C4F6O2/c26-19-10-28-25-32-18-5-14(8-27-9-18)1-2-16-7-17(31-22(19)34-25)3-4-20(16)33-21(37)6-15-11-36(12-15)24(38)23-29-13-30-35-23;5-3(6,7)1(11)2(12)4(8,9)10/h3-5,7-10,13,15H,1-2,6,11-12H2,(H,33,37)(H,29,30,35)(H2,28,31,32,34);. The largest absolute Gasteiger partial charge is 0.458 e. The zero-order valence-corrected chi connectivity index (χ0v) is 25.9. The summed E-state index contributed by atoms with van der Waals surface area (Å²) >= 11 is 6.34. The van der Waals surface area contributed by atoms with Crippen LogP contribution in [0.1, 0.15) is 28.2 Å². The van der Waals surface area contributed by atoms with Crippen LogP contribution in [-0.4, -0.2) is 83.9 Å². The van der Waals surface area contributed by atoms with Gasteiger partial charge in [-0.05, 0) is 48.2 Å². The lowest BCUT2D eigenvalue weighted by Crippen LogP contribution is -2.51. The minimum Gasteiger partial charge on any atom is -0.339 e. The summed E-state index contributed by atoms with van der Waals surface area (Å²) in [5, 5.41) is 16.2. The van der Waals surface area contributed by atoms with Crippen LogP contribution in [0.5, 0.6) is 0 Å². The number of likely N-dealkylation sites (tertiary alicyclic amines) is 1. The van der Waals surface area contributed by atoms with Gasteiger partial charge in [-0.15, -0.1) is 0 Å². The summed E-state index contributed by atoms with van der Waals surface area (Å²) in [4.78, 5) is 63.1. The first-order valence-corrected chi connectivity index (χ1v) is 14.7. The summed E-state index contributed by atoms with van der Waals surface area (Å²) < 4.78 is 67.0. The topological polar surface area (TPSA) is 188 Å². The second-order valence-electron chi connectivity index (χ2n) is 10.9. The van der Waals surface area contributed by atoms with Crippen LogP contribution in [0, 0.1) is 5.92 Å². The van der Waals surface area contributed by atoms with Gasteiger partial charge < -0.3 is 20.9 Å². The number of aryl methyl sites for hydroxylation is 2. The van der Waals surface area contributed by atoms with Gasteiger partial charge in [0.25, 0.3) is 5.91 Å². The molecule has 21 heteroatoms. The van der Waals surface area contributed by atoms with Crippen LogP contribution in [0.4, 0.5) is 55.2 Å². The molecular formula is C29H23ClF6N10O4. The highest BCUT2D eigenvalue weighted by atomic mass is 35.5. The van der Waals surface area contributed by atoms with E-state index in [0.717, 1.165) is 34.6 Å². The molecule has 14 nitrogen and oxygen atoms in total. The smallest absolute Gasteiger partial charge is 0.339 e. The number of ketones is 2. The van der Waals surface area contributed by atoms with Gasteiger partial charge in [0.1, 0.15) is 11.3 Å². The zero-order chi connectivity index (χ0) is 36.2. The molecule has 4 N–H and O–H groups in total. The van der Waals surface area contributed by atoms with E-state index in [1.165, 1.54) is 12.5 Å². The van der Waals surface area contributed by atoms with Gasteiger partial charge in [-0.3, -0.25) is 29.3 Å². The highest BCUT2D eigenvalue weighted by Gasteiger charge is 2.54. The molecule has 6 bridgehead atoms. The monoisotopic (exact) mass is 724 g/mol. The summed E-state index contributed by atoms with van der Waals surface area (Å²) in [7, 11) is 0. The Hall–Kier alpha value is -5.66. The number of nitrogens with one attached hydrogen (secondary N) is 4. The Morgan fingerprint density at radius 3 is 2.28 bits per heavy atom. The van der Waals surface area contributed by atoms with Gasteiger partial charge in [-0.25, -0.2) is 9.97 Å². The minimum atomic E-state index is -5.77. The van der Waals surface area contributed by atoms with Crippen LogP contribution in [0.25, 0.3) is 0 Å². The molecule has 2 aliphatic heterocycles. The third-order valence-electron chi connectivity index (χ3n) is 7.18. The Balaban J connectivity index is 0.000000349. The number of hydrogen-bond donors (Lipinski definition) is 4. The highest BCUT2D eigenvalue weighted by Crippen LogP contribution is 2.30.